The summed E-state index contributed by atoms with van der Waals surface area (Å²) in [7, 11) is 0. The molecule has 0 unspecified atom stereocenters. The van der Waals surface area contributed by atoms with E-state index in [1.807, 2.05) is 29.2 Å². The molecule has 1 saturated heterocycles. The molecule has 4 aliphatic rings. The number of benzene rings is 1. The van der Waals surface area contributed by atoms with Crippen LogP contribution in [-0.4, -0.2) is 70.9 Å². The van der Waals surface area contributed by atoms with E-state index < -0.39 is 0 Å². The molecule has 4 heterocycles. The highest BCUT2D eigenvalue weighted by Crippen LogP contribution is 2.30. The number of ether oxygens (including phenoxy) is 2. The molecule has 1 aromatic carbocycles. The number of hydrogen-bond acceptors (Lipinski definition) is 6. The molecule has 38 heavy (non-hydrogen) atoms. The van der Waals surface area contributed by atoms with E-state index in [4.69, 9.17) is 14.5 Å². The average Bonchev–Trinajstić information content (AvgIpc) is 2.97. The topological polar surface area (TPSA) is 75.2 Å². The first kappa shape index (κ1) is 24.6. The van der Waals surface area contributed by atoms with E-state index in [1.54, 1.807) is 23.6 Å². The Kier molecular flexibility index (Phi) is 7.07. The summed E-state index contributed by atoms with van der Waals surface area (Å²) in [5, 5.41) is 0.867. The molecule has 6 rings (SSSR count). The highest BCUT2D eigenvalue weighted by molar-refractivity contribution is 6.07. The van der Waals surface area contributed by atoms with Crippen molar-refractivity contribution in [2.75, 3.05) is 39.4 Å². The molecular formula is C30H32N4O4. The number of nitrogens with zero attached hydrogens (tertiary/aromatic N) is 4. The Morgan fingerprint density at radius 3 is 2.76 bits per heavy atom. The molecule has 8 nitrogen and oxygen atoms in total. The Hall–Kier alpha value is -3.75. The van der Waals surface area contributed by atoms with Gasteiger partial charge in [0.2, 0.25) is 5.91 Å². The first-order valence-corrected chi connectivity index (χ1v) is 13.4. The van der Waals surface area contributed by atoms with Crippen LogP contribution in [0, 0.1) is 0 Å². The molecule has 0 saturated carbocycles. The third-order valence-corrected chi connectivity index (χ3v) is 7.51. The Balaban J connectivity index is 1.21. The van der Waals surface area contributed by atoms with Gasteiger partial charge in [-0.25, -0.2) is 0 Å². The van der Waals surface area contributed by atoms with Gasteiger partial charge in [0.1, 0.15) is 12.0 Å². The summed E-state index contributed by atoms with van der Waals surface area (Å²) in [6.45, 7) is 3.72. The zero-order chi connectivity index (χ0) is 25.9. The van der Waals surface area contributed by atoms with Crippen LogP contribution in [0.25, 0.3) is 10.9 Å². The van der Waals surface area contributed by atoms with Crippen LogP contribution in [0.2, 0.25) is 0 Å². The lowest BCUT2D eigenvalue weighted by atomic mass is 9.94. The highest BCUT2D eigenvalue weighted by atomic mass is 16.5. The van der Waals surface area contributed by atoms with Crippen molar-refractivity contribution in [1.29, 1.82) is 0 Å². The van der Waals surface area contributed by atoms with E-state index in [0.717, 1.165) is 40.8 Å². The predicted octanol–water partition coefficient (Wildman–Crippen LogP) is 3.90. The van der Waals surface area contributed by atoms with Crippen molar-refractivity contribution in [2.24, 2.45) is 0 Å². The van der Waals surface area contributed by atoms with Crippen molar-refractivity contribution < 1.29 is 19.1 Å². The first-order chi connectivity index (χ1) is 18.7. The number of para-hydroxylation sites is 1. The fourth-order valence-electron chi connectivity index (χ4n) is 5.50. The Bertz CT molecular complexity index is 1370. The van der Waals surface area contributed by atoms with Crippen molar-refractivity contribution in [2.45, 2.75) is 32.2 Å². The average molecular weight is 513 g/mol. The largest absolute Gasteiger partial charge is 0.466 e. The normalized spacial score (nSPS) is 19.6. The maximum atomic E-state index is 13.8. The number of morpholine rings is 1. The van der Waals surface area contributed by atoms with Gasteiger partial charge in [0.25, 0.3) is 5.91 Å². The van der Waals surface area contributed by atoms with E-state index in [9.17, 15) is 9.59 Å². The monoisotopic (exact) mass is 512 g/mol. The number of hydrogen-bond donors (Lipinski definition) is 0. The van der Waals surface area contributed by atoms with Gasteiger partial charge in [0.05, 0.1) is 37.0 Å². The zero-order valence-corrected chi connectivity index (χ0v) is 21.5. The molecule has 2 amide bonds. The van der Waals surface area contributed by atoms with Crippen molar-refractivity contribution in [3.8, 4) is 0 Å². The fourth-order valence-corrected chi connectivity index (χ4v) is 5.50. The third kappa shape index (κ3) is 5.14. The van der Waals surface area contributed by atoms with E-state index >= 15 is 0 Å². The van der Waals surface area contributed by atoms with Gasteiger partial charge < -0.3 is 14.4 Å². The third-order valence-electron chi connectivity index (χ3n) is 7.51. The molecule has 1 aliphatic carbocycles. The lowest BCUT2D eigenvalue weighted by Crippen LogP contribution is -2.43. The number of amides is 2. The van der Waals surface area contributed by atoms with E-state index in [2.05, 4.69) is 23.1 Å². The van der Waals surface area contributed by atoms with Crippen LogP contribution in [0.4, 0.5) is 0 Å². The first-order valence-electron chi connectivity index (χ1n) is 13.4. The smallest absolute Gasteiger partial charge is 0.255 e. The fraction of sp³-hybridized carbons (Fsp3) is 0.367. The molecule has 8 heteroatoms. The molecule has 1 aromatic heterocycles. The standard InChI is InChI=1S/C30H32N4O4/c35-28(34-14-17-38-23(19-34)18-22-6-2-1-3-7-22)21-32-11-10-27-25(20-32)29(24-8-4-5-9-26(24)31-27)30(36)33-12-15-37-16-13-33/h1-2,4-6,8-9,14,17,19H,3,7,10-13,15-16,18,20-21H2. The van der Waals surface area contributed by atoms with Crippen LogP contribution in [0.15, 0.2) is 72.5 Å². The molecular weight excluding hydrogens is 480 g/mol. The summed E-state index contributed by atoms with van der Waals surface area (Å²) < 4.78 is 11.2. The molecule has 0 N–H and O–H groups in total. The number of pyridine rings is 1. The van der Waals surface area contributed by atoms with Crippen LogP contribution < -0.4 is 0 Å². The number of carbonyl (C=O) groups excluding carboxylic acids is 2. The highest BCUT2D eigenvalue weighted by Gasteiger charge is 2.30. The minimum Gasteiger partial charge on any atom is -0.466 e. The number of allylic oxidation sites excluding steroid dienone is 4. The molecule has 0 radical (unpaired) electrons. The minimum absolute atomic E-state index is 0.0203. The molecule has 0 atom stereocenters. The summed E-state index contributed by atoms with van der Waals surface area (Å²) in [6.07, 6.45) is 14.8. The lowest BCUT2D eigenvalue weighted by molar-refractivity contribution is -0.128. The van der Waals surface area contributed by atoms with Gasteiger partial charge in [0.15, 0.2) is 0 Å². The molecule has 2 aromatic rings. The summed E-state index contributed by atoms with van der Waals surface area (Å²) in [5.74, 6) is 0.755. The molecule has 3 aliphatic heterocycles. The van der Waals surface area contributed by atoms with Crippen LogP contribution in [0.5, 0.6) is 0 Å². The molecule has 0 spiro atoms. The minimum atomic E-state index is -0.0298. The zero-order valence-electron chi connectivity index (χ0n) is 21.5. The van der Waals surface area contributed by atoms with Crippen LogP contribution in [-0.2, 0) is 27.2 Å². The van der Waals surface area contributed by atoms with Crippen molar-refractivity contribution in [3.05, 3.63) is 89.3 Å². The van der Waals surface area contributed by atoms with Gasteiger partial charge in [-0.05, 0) is 18.9 Å². The van der Waals surface area contributed by atoms with Gasteiger partial charge in [0, 0.05) is 61.9 Å². The SMILES string of the molecule is O=C(CN1CCc2nc3ccccc3c(C(=O)N3CCOCC3)c2C1)N1C=COC(CC2=CC=CCC2)=C1. The number of carbonyl (C=O) groups is 2. The van der Waals surface area contributed by atoms with Crippen molar-refractivity contribution in [3.63, 3.8) is 0 Å². The second kappa shape index (κ2) is 10.9. The van der Waals surface area contributed by atoms with E-state index in [1.165, 1.54) is 5.57 Å². The predicted molar refractivity (Wildman–Crippen MR) is 144 cm³/mol. The second-order valence-corrected chi connectivity index (χ2v) is 10.1. The number of fused-ring (bicyclic) bond motifs is 2. The lowest BCUT2D eigenvalue weighted by Gasteiger charge is -2.33. The molecule has 1 fully saturated rings. The van der Waals surface area contributed by atoms with E-state index in [0.29, 0.717) is 57.8 Å². The maximum Gasteiger partial charge on any atom is 0.255 e. The summed E-state index contributed by atoms with van der Waals surface area (Å²) in [5.41, 5.74) is 4.74. The van der Waals surface area contributed by atoms with Gasteiger partial charge in [-0.1, -0.05) is 42.0 Å². The van der Waals surface area contributed by atoms with Gasteiger partial charge in [-0.15, -0.1) is 0 Å². The van der Waals surface area contributed by atoms with Crippen LogP contribution in [0.3, 0.4) is 0 Å². The summed E-state index contributed by atoms with van der Waals surface area (Å²) in [6, 6.07) is 7.85. The summed E-state index contributed by atoms with van der Waals surface area (Å²) in [4.78, 5) is 37.6. The summed E-state index contributed by atoms with van der Waals surface area (Å²) >= 11 is 0. The number of aromatic nitrogens is 1. The van der Waals surface area contributed by atoms with Crippen molar-refractivity contribution >= 4 is 22.7 Å². The van der Waals surface area contributed by atoms with Crippen LogP contribution in [0.1, 0.15) is 40.9 Å². The quantitative estimate of drug-likeness (QED) is 0.605. The van der Waals surface area contributed by atoms with Crippen molar-refractivity contribution in [1.82, 2.24) is 19.7 Å². The van der Waals surface area contributed by atoms with Gasteiger partial charge in [-0.3, -0.25) is 24.4 Å². The Morgan fingerprint density at radius 2 is 1.92 bits per heavy atom. The molecule has 0 bridgehead atoms. The Morgan fingerprint density at radius 1 is 1.05 bits per heavy atom. The van der Waals surface area contributed by atoms with Gasteiger partial charge >= 0.3 is 0 Å². The molecule has 196 valence electrons. The van der Waals surface area contributed by atoms with E-state index in [-0.39, 0.29) is 18.4 Å². The maximum absolute atomic E-state index is 13.8. The second-order valence-electron chi connectivity index (χ2n) is 10.1. The Labute approximate surface area is 222 Å². The van der Waals surface area contributed by atoms with Gasteiger partial charge in [-0.2, -0.15) is 0 Å². The van der Waals surface area contributed by atoms with Crippen LogP contribution >= 0.6 is 0 Å². The number of rotatable bonds is 5.